The van der Waals surface area contributed by atoms with Gasteiger partial charge in [0.2, 0.25) is 0 Å². The smallest absolute Gasteiger partial charge is 0.308 e. The number of Topliss-reactive ketones (excluding diaryl/α,β-unsaturated/α-hetero) is 2. The Labute approximate surface area is 390 Å². The Morgan fingerprint density at radius 1 is 0.692 bits per heavy atom. The Morgan fingerprint density at radius 2 is 1.17 bits per heavy atom. The van der Waals surface area contributed by atoms with E-state index in [1.54, 1.807) is 32.0 Å². The number of piperidine rings is 2. The lowest BCUT2D eigenvalue weighted by Gasteiger charge is -2.59. The lowest BCUT2D eigenvalue weighted by atomic mass is 9.53. The van der Waals surface area contributed by atoms with Gasteiger partial charge in [0, 0.05) is 75.4 Å². The molecule has 8 atom stereocenters. The Hall–Kier alpha value is -5.01. The van der Waals surface area contributed by atoms with E-state index < -0.39 is 10.8 Å². The first-order chi connectivity index (χ1) is 31.1. The van der Waals surface area contributed by atoms with Gasteiger partial charge in [-0.15, -0.1) is 23.5 Å². The molecule has 0 aromatic heterocycles. The highest BCUT2D eigenvalue weighted by Crippen LogP contribution is 2.65. The molecule has 340 valence electrons. The molecular weight excluding hydrogens is 857 g/mol. The molecule has 0 saturated carbocycles. The molecule has 2 saturated heterocycles. The topological polar surface area (TPSA) is 126 Å². The predicted molar refractivity (Wildman–Crippen MR) is 254 cm³/mol. The highest BCUT2D eigenvalue weighted by atomic mass is 32.2. The first kappa shape index (κ1) is 45.2. The molecule has 4 aromatic rings. The number of carbonyl (C=O) groups is 3. The van der Waals surface area contributed by atoms with Crippen LogP contribution in [0, 0.1) is 32.6 Å². The van der Waals surface area contributed by atoms with E-state index in [1.165, 1.54) is 28.5 Å². The quantitative estimate of drug-likeness (QED) is 0.104. The maximum atomic E-state index is 13.2. The van der Waals surface area contributed by atoms with Gasteiger partial charge in [0.15, 0.2) is 34.6 Å². The molecule has 0 unspecified atom stereocenters. The monoisotopic (exact) mass is 914 g/mol. The van der Waals surface area contributed by atoms with Crippen LogP contribution in [0.25, 0.3) is 0 Å². The molecule has 4 aromatic carbocycles. The third-order valence-corrected chi connectivity index (χ3v) is 17.6. The number of ether oxygens (including phenoxy) is 3. The van der Waals surface area contributed by atoms with E-state index in [-0.39, 0.29) is 69.9 Å². The number of hydrogen-bond acceptors (Lipinski definition) is 12. The van der Waals surface area contributed by atoms with Crippen molar-refractivity contribution in [1.29, 1.82) is 0 Å². The fraction of sp³-hybridized carbons (Fsp3) is 0.415. The summed E-state index contributed by atoms with van der Waals surface area (Å²) in [6, 6.07) is 25.1. The van der Waals surface area contributed by atoms with Crippen molar-refractivity contribution in [1.82, 2.24) is 9.80 Å². The fourth-order valence-corrected chi connectivity index (χ4v) is 15.2. The van der Waals surface area contributed by atoms with Crippen LogP contribution in [-0.2, 0) is 34.7 Å². The van der Waals surface area contributed by atoms with Crippen LogP contribution in [0.1, 0.15) is 82.1 Å². The number of hydrogen-bond donors (Lipinski definition) is 2. The number of nitrogens with zero attached hydrogens (tertiary/aromatic N) is 2. The zero-order chi connectivity index (χ0) is 46.1. The second kappa shape index (κ2) is 17.3. The van der Waals surface area contributed by atoms with Crippen molar-refractivity contribution >= 4 is 41.1 Å². The van der Waals surface area contributed by atoms with E-state index >= 15 is 0 Å². The lowest BCUT2D eigenvalue weighted by molar-refractivity contribution is -0.132. The first-order valence-corrected chi connectivity index (χ1v) is 24.2. The summed E-state index contributed by atoms with van der Waals surface area (Å²) >= 11 is 3.63. The molecule has 10 nitrogen and oxygen atoms in total. The molecule has 2 N–H and O–H groups in total. The van der Waals surface area contributed by atoms with Gasteiger partial charge in [-0.3, -0.25) is 14.4 Å². The number of fused-ring (bicyclic) bond motifs is 2. The fourth-order valence-electron chi connectivity index (χ4n) is 12.1. The summed E-state index contributed by atoms with van der Waals surface area (Å²) in [6.45, 7) is 9.32. The Kier molecular flexibility index (Phi) is 12.0. The minimum absolute atomic E-state index is 0.00130. The summed E-state index contributed by atoms with van der Waals surface area (Å²) in [5.74, 6) is 1.00. The third kappa shape index (κ3) is 7.58. The second-order valence-electron chi connectivity index (χ2n) is 18.9. The average molecular weight is 915 g/mol. The minimum atomic E-state index is -0.530. The van der Waals surface area contributed by atoms with Crippen molar-refractivity contribution < 1.29 is 38.8 Å². The summed E-state index contributed by atoms with van der Waals surface area (Å²) in [5, 5.41) is 21.6. The van der Waals surface area contributed by atoms with Crippen LogP contribution < -0.4 is 4.74 Å². The van der Waals surface area contributed by atoms with Gasteiger partial charge in [0.05, 0.1) is 24.7 Å². The molecule has 2 heterocycles. The van der Waals surface area contributed by atoms with Gasteiger partial charge in [0.25, 0.3) is 0 Å². The lowest BCUT2D eigenvalue weighted by Crippen LogP contribution is -2.61. The van der Waals surface area contributed by atoms with E-state index in [0.29, 0.717) is 23.7 Å². The van der Waals surface area contributed by atoms with Crippen molar-refractivity contribution in [3.05, 3.63) is 135 Å². The number of phenols is 2. The number of carbonyl (C=O) groups excluding carboxylic acids is 3. The highest BCUT2D eigenvalue weighted by Gasteiger charge is 2.61. The maximum absolute atomic E-state index is 13.2. The van der Waals surface area contributed by atoms with Crippen LogP contribution >= 0.6 is 23.5 Å². The van der Waals surface area contributed by atoms with Gasteiger partial charge in [0.1, 0.15) is 5.75 Å². The third-order valence-electron chi connectivity index (χ3n) is 15.0. The molecule has 0 amide bonds. The van der Waals surface area contributed by atoms with Gasteiger partial charge in [-0.25, -0.2) is 0 Å². The summed E-state index contributed by atoms with van der Waals surface area (Å²) in [7, 11) is 7.44. The van der Waals surface area contributed by atoms with Crippen LogP contribution in [0.2, 0.25) is 0 Å². The number of aromatic hydroxyl groups is 2. The van der Waals surface area contributed by atoms with E-state index in [2.05, 4.69) is 104 Å². The zero-order valence-electron chi connectivity index (χ0n) is 38.3. The molecule has 2 fully saturated rings. The van der Waals surface area contributed by atoms with Crippen molar-refractivity contribution in [3.8, 4) is 17.2 Å². The SMILES string of the molecule is COC1=C[C@@H]2[C@@H]3[C@H](Sc4cccc(C)c4)c4ccc(C)c(OC(C)=O)c4[C@]2(CCN3C)CC1=O.COC1=C[C@@H]2[C@@H]3[C@H](Sc4cccc(C)c4)c4ccc(O)c(O)c4[C@]2(CCN3C)CC1=O. The predicted octanol–water partition coefficient (Wildman–Crippen LogP) is 9.45. The molecule has 12 heteroatoms. The van der Waals surface area contributed by atoms with Crippen LogP contribution in [0.5, 0.6) is 17.2 Å². The van der Waals surface area contributed by atoms with Gasteiger partial charge in [-0.05, 0) is 120 Å². The molecule has 4 bridgehead atoms. The van der Waals surface area contributed by atoms with E-state index in [1.807, 2.05) is 30.8 Å². The summed E-state index contributed by atoms with van der Waals surface area (Å²) in [4.78, 5) is 45.4. The number of methoxy groups -OCH3 is 2. The number of likely N-dealkylation sites (N-methyl/N-ethyl adjacent to an activating group) is 2. The van der Waals surface area contributed by atoms with Crippen molar-refractivity contribution in [2.24, 2.45) is 11.8 Å². The number of rotatable bonds is 7. The van der Waals surface area contributed by atoms with Crippen LogP contribution in [0.3, 0.4) is 0 Å². The van der Waals surface area contributed by atoms with E-state index in [4.69, 9.17) is 14.2 Å². The molecule has 4 aliphatic carbocycles. The Balaban J connectivity index is 0.000000165. The molecule has 65 heavy (non-hydrogen) atoms. The molecule has 6 aliphatic rings. The van der Waals surface area contributed by atoms with Crippen molar-refractivity contribution in [3.63, 3.8) is 0 Å². The average Bonchev–Trinajstić information content (AvgIpc) is 3.26. The Morgan fingerprint density at radius 3 is 1.65 bits per heavy atom. The van der Waals surface area contributed by atoms with Crippen molar-refractivity contribution in [2.45, 2.75) is 96.6 Å². The van der Waals surface area contributed by atoms with Gasteiger partial charge < -0.3 is 34.2 Å². The van der Waals surface area contributed by atoms with Crippen LogP contribution in [0.4, 0.5) is 0 Å². The highest BCUT2D eigenvalue weighted by molar-refractivity contribution is 7.99. The van der Waals surface area contributed by atoms with Crippen molar-refractivity contribution in [2.75, 3.05) is 41.4 Å². The number of aryl methyl sites for hydroxylation is 3. The zero-order valence-corrected chi connectivity index (χ0v) is 40.0. The maximum Gasteiger partial charge on any atom is 0.308 e. The number of allylic oxidation sites excluding steroid dienone is 2. The molecule has 0 radical (unpaired) electrons. The second-order valence-corrected chi connectivity index (χ2v) is 21.3. The first-order valence-electron chi connectivity index (χ1n) is 22.4. The number of esters is 1. The number of ketones is 2. The van der Waals surface area contributed by atoms with Gasteiger partial charge in [-0.1, -0.05) is 53.6 Å². The number of phenolic OH excluding ortho intramolecular Hbond substituents is 2. The van der Waals surface area contributed by atoms with Crippen LogP contribution in [0.15, 0.2) is 106 Å². The number of benzene rings is 4. The number of thioether (sulfide) groups is 2. The molecule has 10 rings (SSSR count). The van der Waals surface area contributed by atoms with E-state index in [0.717, 1.165) is 53.1 Å². The standard InChI is InChI=1S/C28H31NO4S.C25H27NO4S/c1-16-7-6-8-19(13-16)34-27-20-10-9-17(2)26(33-18(3)30)24(20)28-11-12-29(4)25(27)21(28)14-23(32-5)22(31)15-28;1-14-5-4-6-15(11-14)31-24-16-7-8-18(27)23(29)21(16)25-9-10-26(2)22(24)17(25)12-20(30-3)19(28)13-25/h6-10,13-14,21,25,27H,11-12,15H2,1-5H3;4-8,11-12,17,22,24,27,29H,9-10,13H2,1-3H3/t21-,25-,27-,28-;17-,22-,24-,25-/m11/s1. The summed E-state index contributed by atoms with van der Waals surface area (Å²) < 4.78 is 16.8. The normalized spacial score (nSPS) is 28.8. The largest absolute Gasteiger partial charge is 0.504 e. The minimum Gasteiger partial charge on any atom is -0.504 e. The summed E-state index contributed by atoms with van der Waals surface area (Å²) in [5.41, 5.74) is 6.37. The summed E-state index contributed by atoms with van der Waals surface area (Å²) in [6.07, 6.45) is 6.26. The molecule has 0 spiro atoms. The van der Waals surface area contributed by atoms with E-state index in [9.17, 15) is 24.6 Å². The molecule has 2 aliphatic heterocycles. The van der Waals surface area contributed by atoms with Gasteiger partial charge >= 0.3 is 5.97 Å². The Bertz CT molecular complexity index is 2660. The van der Waals surface area contributed by atoms with Crippen LogP contribution in [-0.4, -0.2) is 91.0 Å². The molecular formula is C53H58N2O8S2. The van der Waals surface area contributed by atoms with Gasteiger partial charge in [-0.2, -0.15) is 0 Å². The number of likely N-dealkylation sites (tertiary alicyclic amines) is 2.